The largest absolute Gasteiger partial charge is 0.496 e. The van der Waals surface area contributed by atoms with Crippen molar-refractivity contribution in [1.82, 2.24) is 20.9 Å². The van der Waals surface area contributed by atoms with E-state index in [-0.39, 0.29) is 34.9 Å². The highest BCUT2D eigenvalue weighted by molar-refractivity contribution is 6.31. The first-order valence-electron chi connectivity index (χ1n) is 11.9. The number of nitriles is 1. The molecule has 4 N–H and O–H groups in total. The van der Waals surface area contributed by atoms with Gasteiger partial charge in [-0.3, -0.25) is 14.4 Å². The normalized spacial score (nSPS) is 18.7. The lowest BCUT2D eigenvalue weighted by atomic mass is 9.87. The number of methoxy groups -OCH3 is 1. The van der Waals surface area contributed by atoms with Gasteiger partial charge in [0, 0.05) is 21.9 Å². The summed E-state index contributed by atoms with van der Waals surface area (Å²) >= 11 is 6.13. The molecule has 1 saturated heterocycles. The molecule has 0 aliphatic carbocycles. The molecule has 1 aliphatic rings. The van der Waals surface area contributed by atoms with Crippen LogP contribution in [0.5, 0.6) is 5.75 Å². The third-order valence-corrected chi connectivity index (χ3v) is 6.37. The summed E-state index contributed by atoms with van der Waals surface area (Å²) in [5, 5.41) is 19.3. The minimum absolute atomic E-state index is 0.122. The predicted octanol–water partition coefficient (Wildman–Crippen LogP) is 3.68. The quantitative estimate of drug-likeness (QED) is 0.425. The van der Waals surface area contributed by atoms with Gasteiger partial charge in [0.1, 0.15) is 23.5 Å². The van der Waals surface area contributed by atoms with E-state index in [1.165, 1.54) is 7.11 Å². The summed E-state index contributed by atoms with van der Waals surface area (Å²) in [6.45, 7) is 9.73. The Balaban J connectivity index is 1.76. The molecule has 36 heavy (non-hydrogen) atoms. The number of rotatable bonds is 8. The first-order chi connectivity index (χ1) is 16.7. The van der Waals surface area contributed by atoms with Gasteiger partial charge in [0.05, 0.1) is 18.7 Å². The van der Waals surface area contributed by atoms with Gasteiger partial charge in [-0.1, -0.05) is 32.4 Å². The molecule has 3 amide bonds. The Bertz CT molecular complexity index is 1210. The van der Waals surface area contributed by atoms with Crippen LogP contribution in [0.25, 0.3) is 10.9 Å². The molecule has 1 aromatic carbocycles. The van der Waals surface area contributed by atoms with Crippen LogP contribution in [0.1, 0.15) is 64.4 Å². The lowest BCUT2D eigenvalue weighted by molar-refractivity contribution is -0.125. The number of H-pyrrole nitrogens is 1. The maximum atomic E-state index is 13.2. The number of aromatic amines is 1. The van der Waals surface area contributed by atoms with Crippen molar-refractivity contribution < 1.29 is 19.1 Å². The third-order valence-electron chi connectivity index (χ3n) is 6.15. The minimum atomic E-state index is -0.890. The summed E-state index contributed by atoms with van der Waals surface area (Å²) in [6.07, 6.45) is 1.13. The molecular weight excluding hydrogens is 482 g/mol. The van der Waals surface area contributed by atoms with Gasteiger partial charge in [0.15, 0.2) is 0 Å². The fourth-order valence-corrected chi connectivity index (χ4v) is 4.81. The molecule has 9 nitrogen and oxygen atoms in total. The molecule has 0 spiro atoms. The topological polar surface area (TPSA) is 136 Å². The number of nitrogens with zero attached hydrogens (tertiary/aromatic N) is 1. The average molecular weight is 516 g/mol. The van der Waals surface area contributed by atoms with Crippen LogP contribution in [0, 0.1) is 22.7 Å². The summed E-state index contributed by atoms with van der Waals surface area (Å²) in [5.74, 6) is -0.914. The number of carbonyl (C=O) groups excluding carboxylic acids is 3. The fourth-order valence-electron chi connectivity index (χ4n) is 4.61. The number of hydrogen-bond acceptors (Lipinski definition) is 5. The van der Waals surface area contributed by atoms with Crippen LogP contribution in [0.15, 0.2) is 18.2 Å². The Hall–Kier alpha value is -3.25. The minimum Gasteiger partial charge on any atom is -0.496 e. The molecule has 0 bridgehead atoms. The van der Waals surface area contributed by atoms with Crippen molar-refractivity contribution >= 4 is 40.2 Å². The third kappa shape index (κ3) is 6.70. The number of halogens is 1. The number of fused-ring (bicyclic) bond motifs is 1. The van der Waals surface area contributed by atoms with Crippen LogP contribution in [0.3, 0.4) is 0 Å². The maximum Gasteiger partial charge on any atom is 0.268 e. The van der Waals surface area contributed by atoms with Gasteiger partial charge < -0.3 is 25.7 Å². The van der Waals surface area contributed by atoms with Crippen LogP contribution in [-0.4, -0.2) is 47.4 Å². The van der Waals surface area contributed by atoms with Gasteiger partial charge in [-0.15, -0.1) is 0 Å². The number of amides is 3. The van der Waals surface area contributed by atoms with E-state index < -0.39 is 23.9 Å². The Kier molecular flexibility index (Phi) is 7.89. The summed E-state index contributed by atoms with van der Waals surface area (Å²) in [5.41, 5.74) is 0.243. The smallest absolute Gasteiger partial charge is 0.268 e. The zero-order valence-electron chi connectivity index (χ0n) is 21.5. The van der Waals surface area contributed by atoms with Crippen molar-refractivity contribution in [3.63, 3.8) is 0 Å². The molecule has 10 heteroatoms. The lowest BCUT2D eigenvalue weighted by Crippen LogP contribution is -2.51. The van der Waals surface area contributed by atoms with Crippen LogP contribution in [0.4, 0.5) is 0 Å². The second-order valence-electron chi connectivity index (χ2n) is 11.2. The molecule has 1 aromatic heterocycles. The summed E-state index contributed by atoms with van der Waals surface area (Å²) in [4.78, 5) is 41.7. The Labute approximate surface area is 216 Å². The van der Waals surface area contributed by atoms with E-state index in [9.17, 15) is 19.6 Å². The molecule has 0 saturated carbocycles. The highest BCUT2D eigenvalue weighted by Crippen LogP contribution is 2.31. The van der Waals surface area contributed by atoms with Crippen LogP contribution >= 0.6 is 11.6 Å². The first-order valence-corrected chi connectivity index (χ1v) is 12.3. The van der Waals surface area contributed by atoms with E-state index in [0.717, 1.165) is 0 Å². The molecule has 1 fully saturated rings. The van der Waals surface area contributed by atoms with Crippen molar-refractivity contribution in [2.75, 3.05) is 7.11 Å². The molecular formula is C26H34ClN5O4. The lowest BCUT2D eigenvalue weighted by Gasteiger charge is -2.27. The Morgan fingerprint density at radius 2 is 1.97 bits per heavy atom. The predicted molar refractivity (Wildman–Crippen MR) is 138 cm³/mol. The van der Waals surface area contributed by atoms with E-state index >= 15 is 0 Å². The molecule has 0 radical (unpaired) electrons. The second kappa shape index (κ2) is 10.4. The Morgan fingerprint density at radius 3 is 2.53 bits per heavy atom. The average Bonchev–Trinajstić information content (AvgIpc) is 3.30. The molecule has 3 atom stereocenters. The Morgan fingerprint density at radius 1 is 1.28 bits per heavy atom. The number of nitrogens with one attached hydrogen (secondary N) is 4. The second-order valence-corrected chi connectivity index (χ2v) is 11.7. The highest BCUT2D eigenvalue weighted by Gasteiger charge is 2.39. The van der Waals surface area contributed by atoms with E-state index in [2.05, 4.69) is 27.0 Å². The number of hydrogen-bond donors (Lipinski definition) is 4. The van der Waals surface area contributed by atoms with Gasteiger partial charge >= 0.3 is 0 Å². The van der Waals surface area contributed by atoms with Gasteiger partial charge in [-0.2, -0.15) is 5.26 Å². The molecule has 2 aromatic rings. The zero-order chi connectivity index (χ0) is 26.8. The van der Waals surface area contributed by atoms with Gasteiger partial charge in [-0.05, 0) is 56.7 Å². The summed E-state index contributed by atoms with van der Waals surface area (Å²) in [7, 11) is 1.52. The van der Waals surface area contributed by atoms with Crippen molar-refractivity contribution in [2.24, 2.45) is 11.3 Å². The van der Waals surface area contributed by atoms with Crippen molar-refractivity contribution in [1.29, 1.82) is 5.26 Å². The van der Waals surface area contributed by atoms with Crippen LogP contribution in [-0.2, 0) is 9.59 Å². The SMILES string of the molecule is COc1cc(Cl)cc2[nH]c(C(=O)N[C@@H](CC(C)(C)C)C(=O)N[C@H](C#N)C[C@@H]3CC(C)(C)NC3=O)cc12. The molecule has 194 valence electrons. The number of aromatic nitrogens is 1. The van der Waals surface area contributed by atoms with Gasteiger partial charge in [0.25, 0.3) is 5.91 Å². The number of benzene rings is 1. The number of ether oxygens (including phenoxy) is 1. The van der Waals surface area contributed by atoms with Crippen molar-refractivity contribution in [2.45, 2.75) is 71.5 Å². The maximum absolute atomic E-state index is 13.2. The van der Waals surface area contributed by atoms with Gasteiger partial charge in [0.2, 0.25) is 11.8 Å². The number of carbonyl (C=O) groups is 3. The van der Waals surface area contributed by atoms with Gasteiger partial charge in [-0.25, -0.2) is 0 Å². The molecule has 2 heterocycles. The molecule has 1 aliphatic heterocycles. The van der Waals surface area contributed by atoms with Crippen molar-refractivity contribution in [3.8, 4) is 11.8 Å². The highest BCUT2D eigenvalue weighted by atomic mass is 35.5. The van der Waals surface area contributed by atoms with E-state index in [0.29, 0.717) is 34.5 Å². The standard InChI is InChI=1S/C26H34ClN5O4/c1-25(2,3)12-20(24(35)29-16(13-28)7-14-11-26(4,5)32-22(14)33)31-23(34)19-10-17-18(30-19)8-15(27)9-21(17)36-6/h8-10,14,16,20,30H,7,11-12H2,1-6H3,(H,29,35)(H,31,34)(H,32,33)/t14-,16+,20+/m1/s1. The van der Waals surface area contributed by atoms with Crippen LogP contribution in [0.2, 0.25) is 5.02 Å². The van der Waals surface area contributed by atoms with E-state index in [4.69, 9.17) is 16.3 Å². The van der Waals surface area contributed by atoms with Crippen molar-refractivity contribution in [3.05, 3.63) is 28.9 Å². The summed E-state index contributed by atoms with van der Waals surface area (Å²) in [6, 6.07) is 5.33. The molecule has 0 unspecified atom stereocenters. The van der Waals surface area contributed by atoms with E-state index in [1.54, 1.807) is 18.2 Å². The molecule has 3 rings (SSSR count). The zero-order valence-corrected chi connectivity index (χ0v) is 22.3. The fraction of sp³-hybridized carbons (Fsp3) is 0.538. The van der Waals surface area contributed by atoms with E-state index in [1.807, 2.05) is 34.6 Å². The van der Waals surface area contributed by atoms with Crippen LogP contribution < -0.4 is 20.7 Å². The summed E-state index contributed by atoms with van der Waals surface area (Å²) < 4.78 is 5.36. The first kappa shape index (κ1) is 27.3. The monoisotopic (exact) mass is 515 g/mol.